The molecule has 0 aromatic heterocycles. The van der Waals surface area contributed by atoms with Crippen LogP contribution in [0, 0.1) is 0 Å². The molecule has 0 unspecified atom stereocenters. The van der Waals surface area contributed by atoms with Gasteiger partial charge in [-0.15, -0.1) is 0 Å². The van der Waals surface area contributed by atoms with Crippen molar-refractivity contribution in [3.63, 3.8) is 0 Å². The van der Waals surface area contributed by atoms with Crippen molar-refractivity contribution >= 4 is 29.3 Å². The van der Waals surface area contributed by atoms with Crippen LogP contribution >= 0.6 is 11.9 Å². The average molecular weight is 463 g/mol. The predicted molar refractivity (Wildman–Crippen MR) is 132 cm³/mol. The zero-order valence-electron chi connectivity index (χ0n) is 18.8. The molecular formula is C26H26N2O4S. The number of anilines is 1. The largest absolute Gasteiger partial charge is 0.505 e. The molecule has 0 atom stereocenters. The van der Waals surface area contributed by atoms with Crippen LogP contribution in [0.3, 0.4) is 0 Å². The molecule has 1 heterocycles. The fourth-order valence-electron chi connectivity index (χ4n) is 3.73. The number of nitrogens with one attached hydrogen (secondary N) is 1. The predicted octanol–water partition coefficient (Wildman–Crippen LogP) is 5.31. The maximum atomic E-state index is 12.9. The van der Waals surface area contributed by atoms with Gasteiger partial charge >= 0.3 is 0 Å². The topological polar surface area (TPSA) is 71.0 Å². The van der Waals surface area contributed by atoms with Crippen molar-refractivity contribution < 1.29 is 19.4 Å². The highest BCUT2D eigenvalue weighted by molar-refractivity contribution is 7.97. The van der Waals surface area contributed by atoms with Gasteiger partial charge in [0.2, 0.25) is 0 Å². The zero-order valence-corrected chi connectivity index (χ0v) is 19.6. The Hall–Kier alpha value is -3.58. The molecule has 0 saturated heterocycles. The summed E-state index contributed by atoms with van der Waals surface area (Å²) in [5.41, 5.74) is 3.88. The normalized spacial score (nSPS) is 12.9. The third-order valence-corrected chi connectivity index (χ3v) is 6.50. The van der Waals surface area contributed by atoms with E-state index in [2.05, 4.69) is 5.32 Å². The summed E-state index contributed by atoms with van der Waals surface area (Å²) in [4.78, 5) is 13.8. The van der Waals surface area contributed by atoms with Crippen LogP contribution in [-0.4, -0.2) is 36.6 Å². The van der Waals surface area contributed by atoms with Crippen LogP contribution in [0.25, 0.3) is 5.76 Å². The second-order valence-electron chi connectivity index (χ2n) is 7.62. The Bertz CT molecular complexity index is 1190. The number of methoxy groups -OCH3 is 2. The van der Waals surface area contributed by atoms with Crippen molar-refractivity contribution in [3.05, 3.63) is 89.1 Å². The molecule has 170 valence electrons. The van der Waals surface area contributed by atoms with Crippen LogP contribution in [0.4, 0.5) is 5.69 Å². The number of hydrogen-bond acceptors (Lipinski definition) is 6. The lowest BCUT2D eigenvalue weighted by atomic mass is 10.0. The minimum atomic E-state index is -0.352. The minimum absolute atomic E-state index is 0.0177. The van der Waals surface area contributed by atoms with Gasteiger partial charge in [-0.1, -0.05) is 30.3 Å². The Labute approximate surface area is 198 Å². The van der Waals surface area contributed by atoms with Crippen LogP contribution in [0.2, 0.25) is 0 Å². The van der Waals surface area contributed by atoms with Gasteiger partial charge in [0.05, 0.1) is 14.2 Å². The second kappa shape index (κ2) is 9.92. The summed E-state index contributed by atoms with van der Waals surface area (Å²) in [6.07, 6.45) is 1.71. The molecule has 6 nitrogen and oxygen atoms in total. The van der Waals surface area contributed by atoms with E-state index in [1.165, 1.54) is 11.9 Å². The van der Waals surface area contributed by atoms with Gasteiger partial charge < -0.3 is 24.2 Å². The summed E-state index contributed by atoms with van der Waals surface area (Å²) in [7, 11) is 5.02. The highest BCUT2D eigenvalue weighted by atomic mass is 32.2. The highest BCUT2D eigenvalue weighted by Gasteiger charge is 2.28. The van der Waals surface area contributed by atoms with Gasteiger partial charge in [-0.3, -0.25) is 4.79 Å². The van der Waals surface area contributed by atoms with Gasteiger partial charge in [0.15, 0.2) is 23.0 Å². The number of rotatable bonds is 7. The Kier molecular flexibility index (Phi) is 6.79. The van der Waals surface area contributed by atoms with Gasteiger partial charge in [-0.2, -0.15) is 0 Å². The number of amides is 1. The first-order chi connectivity index (χ1) is 16.0. The number of hydrogen-bond donors (Lipinski definition) is 2. The maximum Gasteiger partial charge on any atom is 0.276 e. The van der Waals surface area contributed by atoms with E-state index < -0.39 is 0 Å². The van der Waals surface area contributed by atoms with E-state index in [4.69, 9.17) is 9.47 Å². The monoisotopic (exact) mass is 462 g/mol. The fraction of sp³-hybridized carbons (Fsp3) is 0.192. The van der Waals surface area contributed by atoms with Crippen LogP contribution < -0.4 is 14.8 Å². The van der Waals surface area contributed by atoms with Gasteiger partial charge in [0.25, 0.3) is 5.91 Å². The van der Waals surface area contributed by atoms with E-state index in [9.17, 15) is 9.90 Å². The number of likely N-dealkylation sites (N-methyl/N-ethyl adjacent to an activating group) is 1. The lowest BCUT2D eigenvalue weighted by Crippen LogP contribution is -2.27. The number of carbonyl (C=O) groups excluding carboxylic acids is 1. The summed E-state index contributed by atoms with van der Waals surface area (Å²) >= 11 is 1.41. The Morgan fingerprint density at radius 2 is 1.61 bits per heavy atom. The van der Waals surface area contributed by atoms with Gasteiger partial charge in [0, 0.05) is 23.2 Å². The number of aliphatic hydroxyl groups excluding tert-OH is 1. The molecule has 1 amide bonds. The number of carbonyl (C=O) groups is 1. The number of aryl methyl sites for hydroxylation is 2. The van der Waals surface area contributed by atoms with Crippen LogP contribution in [0.5, 0.6) is 11.5 Å². The first kappa shape index (κ1) is 22.6. The first-order valence-electron chi connectivity index (χ1n) is 10.6. The number of nitrogens with zero attached hydrogens (tertiary/aromatic N) is 1. The molecule has 7 heteroatoms. The molecule has 3 aromatic carbocycles. The summed E-state index contributed by atoms with van der Waals surface area (Å²) in [6, 6.07) is 21.2. The molecule has 0 fully saturated rings. The minimum Gasteiger partial charge on any atom is -0.505 e. The molecule has 1 aliphatic heterocycles. The van der Waals surface area contributed by atoms with E-state index in [0.717, 1.165) is 34.6 Å². The SMILES string of the molecule is COc1ccc(CCc2ccc(NC(=O)C3=C(O)c4ccccc4SN3C)cc2)cc1OC. The van der Waals surface area contributed by atoms with Crippen LogP contribution in [0.15, 0.2) is 77.3 Å². The smallest absolute Gasteiger partial charge is 0.276 e. The van der Waals surface area contributed by atoms with Crippen LogP contribution in [-0.2, 0) is 17.6 Å². The third kappa shape index (κ3) is 4.93. The van der Waals surface area contributed by atoms with E-state index in [0.29, 0.717) is 17.0 Å². The Morgan fingerprint density at radius 3 is 2.33 bits per heavy atom. The molecule has 0 saturated carbocycles. The molecule has 1 aliphatic rings. The molecule has 4 rings (SSSR count). The number of benzene rings is 3. The van der Waals surface area contributed by atoms with Crippen molar-refractivity contribution in [1.82, 2.24) is 4.31 Å². The van der Waals surface area contributed by atoms with E-state index >= 15 is 0 Å². The van der Waals surface area contributed by atoms with Crippen molar-refractivity contribution in [3.8, 4) is 11.5 Å². The van der Waals surface area contributed by atoms with Crippen molar-refractivity contribution in [2.24, 2.45) is 0 Å². The van der Waals surface area contributed by atoms with Crippen molar-refractivity contribution in [2.45, 2.75) is 17.7 Å². The van der Waals surface area contributed by atoms with Gasteiger partial charge in [-0.05, 0) is 72.3 Å². The summed E-state index contributed by atoms with van der Waals surface area (Å²) < 4.78 is 12.4. The van der Waals surface area contributed by atoms with Crippen molar-refractivity contribution in [1.29, 1.82) is 0 Å². The lowest BCUT2D eigenvalue weighted by Gasteiger charge is -2.27. The summed E-state index contributed by atoms with van der Waals surface area (Å²) in [5.74, 6) is 1.07. The number of aliphatic hydroxyl groups is 1. The van der Waals surface area contributed by atoms with Crippen molar-refractivity contribution in [2.75, 3.05) is 26.6 Å². The molecule has 0 spiro atoms. The fourth-order valence-corrected chi connectivity index (χ4v) is 4.69. The third-order valence-electron chi connectivity index (χ3n) is 5.49. The van der Waals surface area contributed by atoms with E-state index in [-0.39, 0.29) is 17.4 Å². The molecule has 0 bridgehead atoms. The Balaban J connectivity index is 1.41. The van der Waals surface area contributed by atoms with E-state index in [1.807, 2.05) is 66.7 Å². The van der Waals surface area contributed by atoms with E-state index in [1.54, 1.807) is 25.6 Å². The van der Waals surface area contributed by atoms with Gasteiger partial charge in [-0.25, -0.2) is 0 Å². The van der Waals surface area contributed by atoms with Crippen LogP contribution in [0.1, 0.15) is 16.7 Å². The van der Waals surface area contributed by atoms with Gasteiger partial charge in [0.1, 0.15) is 0 Å². The summed E-state index contributed by atoms with van der Waals surface area (Å²) in [5, 5.41) is 13.6. The lowest BCUT2D eigenvalue weighted by molar-refractivity contribution is -0.113. The summed E-state index contributed by atoms with van der Waals surface area (Å²) in [6.45, 7) is 0. The molecular weight excluding hydrogens is 436 g/mol. The molecule has 3 aromatic rings. The number of ether oxygens (including phenoxy) is 2. The second-order valence-corrected chi connectivity index (χ2v) is 8.79. The highest BCUT2D eigenvalue weighted by Crippen LogP contribution is 2.38. The molecule has 33 heavy (non-hydrogen) atoms. The molecule has 0 radical (unpaired) electrons. The Morgan fingerprint density at radius 1 is 0.939 bits per heavy atom. The average Bonchev–Trinajstić information content (AvgIpc) is 2.83. The quantitative estimate of drug-likeness (QED) is 0.464. The first-order valence-corrected chi connectivity index (χ1v) is 11.3. The maximum absolute atomic E-state index is 12.9. The molecule has 2 N–H and O–H groups in total. The molecule has 0 aliphatic carbocycles. The zero-order chi connectivity index (χ0) is 23.4. The standard InChI is InChI=1S/C26H26N2O4S/c1-28-24(25(29)20-6-4-5-7-23(20)33-28)26(30)27-19-13-10-17(11-14-19)8-9-18-12-15-21(31-2)22(16-18)32-3/h4-7,10-16,29H,8-9H2,1-3H3,(H,27,30). The number of fused-ring (bicyclic) bond motifs is 1.